The minimum Gasteiger partial charge on any atom is -0.491 e. The molecule has 0 radical (unpaired) electrons. The van der Waals surface area contributed by atoms with Crippen LogP contribution in [0.5, 0.6) is 5.75 Å². The maximum absolute atomic E-state index is 9.55. The van der Waals surface area contributed by atoms with Crippen LogP contribution in [0.4, 0.5) is 0 Å². The Kier molecular flexibility index (Phi) is 3.40. The lowest BCUT2D eigenvalue weighted by Gasteiger charge is -2.45. The molecule has 0 spiro atoms. The Morgan fingerprint density at radius 1 is 1.41 bits per heavy atom. The van der Waals surface area contributed by atoms with Crippen molar-refractivity contribution in [3.63, 3.8) is 0 Å². The van der Waals surface area contributed by atoms with Gasteiger partial charge in [-0.25, -0.2) is 0 Å². The average Bonchev–Trinajstić information content (AvgIpc) is 2.25. The van der Waals surface area contributed by atoms with Crippen LogP contribution in [0.15, 0.2) is 24.3 Å². The molecule has 3 nitrogen and oxygen atoms in total. The van der Waals surface area contributed by atoms with Crippen molar-refractivity contribution in [1.82, 2.24) is 0 Å². The van der Waals surface area contributed by atoms with E-state index in [0.29, 0.717) is 6.54 Å². The van der Waals surface area contributed by atoms with Gasteiger partial charge in [0.05, 0.1) is 12.2 Å². The molecule has 1 fully saturated rings. The van der Waals surface area contributed by atoms with Crippen LogP contribution >= 0.6 is 0 Å². The van der Waals surface area contributed by atoms with Crippen molar-refractivity contribution in [2.24, 2.45) is 5.73 Å². The Bertz CT molecular complexity index is 384. The summed E-state index contributed by atoms with van der Waals surface area (Å²) in [6.07, 6.45) is 1.41. The van der Waals surface area contributed by atoms with Gasteiger partial charge in [0.2, 0.25) is 0 Å². The fourth-order valence-corrected chi connectivity index (χ4v) is 2.60. The normalized spacial score (nSPS) is 27.9. The van der Waals surface area contributed by atoms with Crippen LogP contribution in [0.25, 0.3) is 0 Å². The molecule has 0 aliphatic heterocycles. The van der Waals surface area contributed by atoms with Crippen molar-refractivity contribution in [3.05, 3.63) is 29.8 Å². The highest BCUT2D eigenvalue weighted by Crippen LogP contribution is 2.46. The van der Waals surface area contributed by atoms with Crippen molar-refractivity contribution in [1.29, 1.82) is 0 Å². The van der Waals surface area contributed by atoms with Gasteiger partial charge in [-0.3, -0.25) is 0 Å². The van der Waals surface area contributed by atoms with Crippen LogP contribution in [0.2, 0.25) is 0 Å². The number of aliphatic hydroxyl groups is 1. The van der Waals surface area contributed by atoms with E-state index in [2.05, 4.69) is 6.07 Å². The molecule has 0 unspecified atom stereocenters. The van der Waals surface area contributed by atoms with E-state index < -0.39 is 0 Å². The molecular formula is C14H21NO2. The molecule has 3 heteroatoms. The van der Waals surface area contributed by atoms with Crippen LogP contribution in [0.3, 0.4) is 0 Å². The Hall–Kier alpha value is -1.06. The minimum atomic E-state index is -0.217. The quantitative estimate of drug-likeness (QED) is 0.837. The van der Waals surface area contributed by atoms with Crippen molar-refractivity contribution in [2.45, 2.75) is 44.3 Å². The van der Waals surface area contributed by atoms with Crippen LogP contribution in [-0.4, -0.2) is 23.9 Å². The summed E-state index contributed by atoms with van der Waals surface area (Å²) in [6.45, 7) is 4.59. The molecule has 1 aromatic rings. The van der Waals surface area contributed by atoms with E-state index in [1.165, 1.54) is 0 Å². The number of benzene rings is 1. The highest BCUT2D eigenvalue weighted by molar-refractivity contribution is 5.42. The molecule has 17 heavy (non-hydrogen) atoms. The summed E-state index contributed by atoms with van der Waals surface area (Å²) in [6, 6.07) is 8.03. The van der Waals surface area contributed by atoms with Gasteiger partial charge in [0.15, 0.2) is 0 Å². The van der Waals surface area contributed by atoms with E-state index in [1.807, 2.05) is 32.0 Å². The van der Waals surface area contributed by atoms with E-state index in [0.717, 1.165) is 24.2 Å². The molecule has 0 heterocycles. The average molecular weight is 235 g/mol. The molecule has 2 rings (SSSR count). The number of ether oxygens (including phenoxy) is 1. The topological polar surface area (TPSA) is 55.5 Å². The largest absolute Gasteiger partial charge is 0.491 e. The van der Waals surface area contributed by atoms with Gasteiger partial charge in [0.25, 0.3) is 0 Å². The second-order valence-corrected chi connectivity index (χ2v) is 5.21. The van der Waals surface area contributed by atoms with E-state index in [4.69, 9.17) is 10.5 Å². The molecule has 1 aromatic carbocycles. The molecule has 94 valence electrons. The molecule has 1 aliphatic rings. The number of rotatable bonds is 4. The maximum atomic E-state index is 9.55. The predicted molar refractivity (Wildman–Crippen MR) is 68.2 cm³/mol. The Balaban J connectivity index is 2.31. The Morgan fingerprint density at radius 2 is 2.06 bits per heavy atom. The number of para-hydroxylation sites is 1. The summed E-state index contributed by atoms with van der Waals surface area (Å²) in [5.41, 5.74) is 6.94. The highest BCUT2D eigenvalue weighted by atomic mass is 16.5. The van der Waals surface area contributed by atoms with Gasteiger partial charge in [0.1, 0.15) is 5.75 Å². The van der Waals surface area contributed by atoms with Crippen LogP contribution in [0.1, 0.15) is 32.3 Å². The van der Waals surface area contributed by atoms with Crippen molar-refractivity contribution >= 4 is 0 Å². The van der Waals surface area contributed by atoms with E-state index >= 15 is 0 Å². The summed E-state index contributed by atoms with van der Waals surface area (Å²) in [5, 5.41) is 9.55. The second-order valence-electron chi connectivity index (χ2n) is 5.21. The molecular weight excluding hydrogens is 214 g/mol. The first kappa shape index (κ1) is 12.4. The molecule has 0 bridgehead atoms. The van der Waals surface area contributed by atoms with Crippen LogP contribution in [-0.2, 0) is 5.41 Å². The van der Waals surface area contributed by atoms with Gasteiger partial charge in [-0.1, -0.05) is 18.2 Å². The summed E-state index contributed by atoms with van der Waals surface area (Å²) >= 11 is 0. The Morgan fingerprint density at radius 3 is 2.59 bits per heavy atom. The lowest BCUT2D eigenvalue weighted by atomic mass is 9.62. The lowest BCUT2D eigenvalue weighted by Crippen LogP contribution is -2.50. The molecule has 1 saturated carbocycles. The molecule has 0 aromatic heterocycles. The van der Waals surface area contributed by atoms with Gasteiger partial charge >= 0.3 is 0 Å². The summed E-state index contributed by atoms with van der Waals surface area (Å²) in [7, 11) is 0. The zero-order chi connectivity index (χ0) is 12.5. The number of aliphatic hydroxyl groups excluding tert-OH is 1. The maximum Gasteiger partial charge on any atom is 0.123 e. The van der Waals surface area contributed by atoms with Gasteiger partial charge in [-0.15, -0.1) is 0 Å². The Labute approximate surface area is 103 Å². The van der Waals surface area contributed by atoms with Crippen molar-refractivity contribution < 1.29 is 9.84 Å². The summed E-state index contributed by atoms with van der Waals surface area (Å²) in [5.74, 6) is 0.903. The van der Waals surface area contributed by atoms with Crippen molar-refractivity contribution in [3.8, 4) is 5.75 Å². The third-order valence-electron chi connectivity index (χ3n) is 3.46. The first-order valence-corrected chi connectivity index (χ1v) is 6.22. The molecule has 0 saturated heterocycles. The zero-order valence-corrected chi connectivity index (χ0v) is 10.5. The lowest BCUT2D eigenvalue weighted by molar-refractivity contribution is 0.0204. The monoisotopic (exact) mass is 235 g/mol. The highest BCUT2D eigenvalue weighted by Gasteiger charge is 2.45. The SMILES string of the molecule is CC(C)Oc1ccccc1C1(CN)CC(O)C1. The second kappa shape index (κ2) is 4.67. The van der Waals surface area contributed by atoms with E-state index in [1.54, 1.807) is 0 Å². The fraction of sp³-hybridized carbons (Fsp3) is 0.571. The zero-order valence-electron chi connectivity index (χ0n) is 10.5. The molecule has 0 amide bonds. The van der Waals surface area contributed by atoms with Gasteiger partial charge in [-0.05, 0) is 32.8 Å². The van der Waals surface area contributed by atoms with Crippen LogP contribution in [0, 0.1) is 0 Å². The summed E-state index contributed by atoms with van der Waals surface area (Å²) < 4.78 is 5.83. The molecule has 1 aliphatic carbocycles. The first-order valence-electron chi connectivity index (χ1n) is 6.22. The smallest absolute Gasteiger partial charge is 0.123 e. The molecule has 0 atom stereocenters. The number of hydrogen-bond acceptors (Lipinski definition) is 3. The van der Waals surface area contributed by atoms with Gasteiger partial charge in [0, 0.05) is 17.5 Å². The standard InChI is InChI=1S/C14H21NO2/c1-10(2)17-13-6-4-3-5-12(13)14(9-15)7-11(16)8-14/h3-6,10-11,16H,7-9,15H2,1-2H3. The third-order valence-corrected chi connectivity index (χ3v) is 3.46. The van der Waals surface area contributed by atoms with Crippen LogP contribution < -0.4 is 10.5 Å². The number of hydrogen-bond donors (Lipinski definition) is 2. The predicted octanol–water partition coefficient (Wildman–Crippen LogP) is 1.82. The fourth-order valence-electron chi connectivity index (χ4n) is 2.60. The van der Waals surface area contributed by atoms with Gasteiger partial charge < -0.3 is 15.6 Å². The third kappa shape index (κ3) is 2.31. The first-order chi connectivity index (χ1) is 8.07. The van der Waals surface area contributed by atoms with Gasteiger partial charge in [-0.2, -0.15) is 0 Å². The summed E-state index contributed by atoms with van der Waals surface area (Å²) in [4.78, 5) is 0. The van der Waals surface area contributed by atoms with Crippen molar-refractivity contribution in [2.75, 3.05) is 6.54 Å². The minimum absolute atomic E-state index is 0.0924. The molecule has 3 N–H and O–H groups in total. The van der Waals surface area contributed by atoms with E-state index in [-0.39, 0.29) is 17.6 Å². The van der Waals surface area contributed by atoms with E-state index in [9.17, 15) is 5.11 Å². The number of nitrogens with two attached hydrogens (primary N) is 1.